The first-order valence-corrected chi connectivity index (χ1v) is 10.4. The Balaban J connectivity index is 1.63. The van der Waals surface area contributed by atoms with Crippen LogP contribution in [0.15, 0.2) is 53.5 Å². The fourth-order valence-electron chi connectivity index (χ4n) is 3.79. The maximum atomic E-state index is 5.03. The van der Waals surface area contributed by atoms with Crippen molar-refractivity contribution >= 4 is 34.7 Å². The Morgan fingerprint density at radius 3 is 2.62 bits per heavy atom. The molecule has 5 heteroatoms. The smallest absolute Gasteiger partial charge is 0.128 e. The minimum absolute atomic E-state index is 0.0628. The van der Waals surface area contributed by atoms with E-state index < -0.39 is 0 Å². The van der Waals surface area contributed by atoms with E-state index in [1.807, 2.05) is 11.8 Å². The number of para-hydroxylation sites is 3. The molecule has 2 N–H and O–H groups in total. The molecule has 1 saturated heterocycles. The second-order valence-electron chi connectivity index (χ2n) is 7.17. The van der Waals surface area contributed by atoms with Crippen molar-refractivity contribution in [2.45, 2.75) is 24.9 Å². The monoisotopic (exact) mass is 366 g/mol. The number of hydrogen-bond donors (Lipinski definition) is 2. The Bertz CT molecular complexity index is 809. The van der Waals surface area contributed by atoms with Crippen molar-refractivity contribution in [1.82, 2.24) is 5.32 Å². The maximum Gasteiger partial charge on any atom is 0.128 e. The fraction of sp³-hybridized carbons (Fsp3) is 0.381. The summed E-state index contributed by atoms with van der Waals surface area (Å²) in [4.78, 5) is 7.20. The lowest BCUT2D eigenvalue weighted by atomic mass is 9.88. The van der Waals surface area contributed by atoms with E-state index in [1.54, 1.807) is 0 Å². The van der Waals surface area contributed by atoms with Gasteiger partial charge in [0.25, 0.3) is 0 Å². The van der Waals surface area contributed by atoms with E-state index in [4.69, 9.17) is 4.99 Å². The third kappa shape index (κ3) is 3.28. The number of aliphatic imine (C=N–C) groups is 1. The summed E-state index contributed by atoms with van der Waals surface area (Å²) in [6, 6.07) is 16.9. The van der Waals surface area contributed by atoms with Crippen molar-refractivity contribution in [2.75, 3.05) is 35.8 Å². The van der Waals surface area contributed by atoms with Crippen LogP contribution in [0.25, 0.3) is 0 Å². The molecule has 1 spiro atoms. The van der Waals surface area contributed by atoms with Crippen LogP contribution in [0.1, 0.15) is 18.4 Å². The van der Waals surface area contributed by atoms with E-state index in [2.05, 4.69) is 78.2 Å². The van der Waals surface area contributed by atoms with Gasteiger partial charge in [-0.1, -0.05) is 30.3 Å². The fourth-order valence-corrected chi connectivity index (χ4v) is 4.98. The second-order valence-corrected chi connectivity index (χ2v) is 8.40. The maximum absolute atomic E-state index is 5.03. The number of amidine groups is 1. The normalized spacial score (nSPS) is 17.8. The van der Waals surface area contributed by atoms with E-state index in [9.17, 15) is 0 Å². The van der Waals surface area contributed by atoms with Gasteiger partial charge in [-0.15, -0.1) is 0 Å². The summed E-state index contributed by atoms with van der Waals surface area (Å²) < 4.78 is 0. The number of nitrogens with one attached hydrogen (secondary N) is 2. The van der Waals surface area contributed by atoms with E-state index >= 15 is 0 Å². The zero-order valence-electron chi connectivity index (χ0n) is 15.5. The minimum atomic E-state index is -0.0628. The highest BCUT2D eigenvalue weighted by Crippen LogP contribution is 2.39. The van der Waals surface area contributed by atoms with Crippen molar-refractivity contribution in [1.29, 1.82) is 0 Å². The van der Waals surface area contributed by atoms with Gasteiger partial charge in [0.2, 0.25) is 0 Å². The van der Waals surface area contributed by atoms with Crippen LogP contribution in [0.3, 0.4) is 0 Å². The molecule has 0 unspecified atom stereocenters. The van der Waals surface area contributed by atoms with Crippen LogP contribution in [-0.4, -0.2) is 37.0 Å². The van der Waals surface area contributed by atoms with E-state index in [0.29, 0.717) is 0 Å². The number of benzene rings is 2. The summed E-state index contributed by atoms with van der Waals surface area (Å²) in [6.45, 7) is 0.784. The standard InChI is InChI=1S/C21H26N4S/c1-25(2)19-10-6-3-7-16(19)15-22-20-21(11-13-26-14-12-21)24-18-9-5-4-8-17(18)23-20/h3-10,24H,11-15H2,1-2H3,(H,22,23). The van der Waals surface area contributed by atoms with Gasteiger partial charge in [0.1, 0.15) is 5.84 Å². The third-order valence-corrected chi connectivity index (χ3v) is 6.22. The molecule has 0 saturated carbocycles. The molecule has 2 aliphatic heterocycles. The second kappa shape index (κ2) is 7.23. The van der Waals surface area contributed by atoms with Crippen molar-refractivity contribution < 1.29 is 0 Å². The number of nitrogens with zero attached hydrogens (tertiary/aromatic N) is 2. The lowest BCUT2D eigenvalue weighted by Crippen LogP contribution is -2.55. The molecule has 0 radical (unpaired) electrons. The first-order chi connectivity index (χ1) is 12.7. The molecule has 2 heterocycles. The zero-order chi connectivity index (χ0) is 18.0. The van der Waals surface area contributed by atoms with Crippen molar-refractivity contribution in [2.24, 2.45) is 4.99 Å². The SMILES string of the molecule is CN(C)c1ccccc1CNC1=Nc2ccccc2NC12CCSCC2. The highest BCUT2D eigenvalue weighted by Gasteiger charge is 2.40. The van der Waals surface area contributed by atoms with Crippen LogP contribution in [0, 0.1) is 0 Å². The van der Waals surface area contributed by atoms with Gasteiger partial charge in [0.05, 0.1) is 16.9 Å². The van der Waals surface area contributed by atoms with Crippen LogP contribution in [0.5, 0.6) is 0 Å². The molecule has 4 rings (SSSR count). The van der Waals surface area contributed by atoms with Crippen LogP contribution in [-0.2, 0) is 6.54 Å². The van der Waals surface area contributed by atoms with Crippen molar-refractivity contribution in [3.63, 3.8) is 0 Å². The Morgan fingerprint density at radius 2 is 1.81 bits per heavy atom. The highest BCUT2D eigenvalue weighted by molar-refractivity contribution is 7.99. The summed E-state index contributed by atoms with van der Waals surface area (Å²) in [7, 11) is 4.18. The number of fused-ring (bicyclic) bond motifs is 1. The molecule has 1 fully saturated rings. The summed E-state index contributed by atoms with van der Waals surface area (Å²) in [5, 5.41) is 7.51. The largest absolute Gasteiger partial charge is 0.377 e. The van der Waals surface area contributed by atoms with Crippen LogP contribution < -0.4 is 15.5 Å². The average Bonchev–Trinajstić information content (AvgIpc) is 2.67. The predicted octanol–water partition coefficient (Wildman–Crippen LogP) is 4.26. The topological polar surface area (TPSA) is 39.7 Å². The summed E-state index contributed by atoms with van der Waals surface area (Å²) in [5.41, 5.74) is 4.66. The number of hydrogen-bond acceptors (Lipinski definition) is 5. The van der Waals surface area contributed by atoms with Gasteiger partial charge in [0.15, 0.2) is 0 Å². The number of anilines is 2. The van der Waals surface area contributed by atoms with Gasteiger partial charge < -0.3 is 15.5 Å². The van der Waals surface area contributed by atoms with Gasteiger partial charge in [-0.3, -0.25) is 0 Å². The van der Waals surface area contributed by atoms with Crippen molar-refractivity contribution in [3.05, 3.63) is 54.1 Å². The number of thioether (sulfide) groups is 1. The highest BCUT2D eigenvalue weighted by atomic mass is 32.2. The average molecular weight is 367 g/mol. The first-order valence-electron chi connectivity index (χ1n) is 9.21. The first kappa shape index (κ1) is 17.3. The lowest BCUT2D eigenvalue weighted by molar-refractivity contribution is 0.543. The number of rotatable bonds is 3. The van der Waals surface area contributed by atoms with Gasteiger partial charge in [0, 0.05) is 26.3 Å². The Labute approximate surface area is 160 Å². The van der Waals surface area contributed by atoms with Crippen LogP contribution >= 0.6 is 11.8 Å². The van der Waals surface area contributed by atoms with E-state index in [-0.39, 0.29) is 5.54 Å². The quantitative estimate of drug-likeness (QED) is 0.851. The Hall–Kier alpha value is -2.14. The molecular weight excluding hydrogens is 340 g/mol. The zero-order valence-corrected chi connectivity index (χ0v) is 16.3. The van der Waals surface area contributed by atoms with Gasteiger partial charge in [-0.25, -0.2) is 4.99 Å². The summed E-state index contributed by atoms with van der Waals surface area (Å²) in [5.74, 6) is 3.43. The molecule has 0 atom stereocenters. The molecule has 0 aliphatic carbocycles. The molecule has 26 heavy (non-hydrogen) atoms. The molecule has 136 valence electrons. The summed E-state index contributed by atoms with van der Waals surface area (Å²) in [6.07, 6.45) is 2.21. The molecule has 2 aromatic rings. The molecule has 2 aliphatic rings. The predicted molar refractivity (Wildman–Crippen MR) is 114 cm³/mol. The summed E-state index contributed by atoms with van der Waals surface area (Å²) >= 11 is 2.04. The molecule has 2 aromatic carbocycles. The van der Waals surface area contributed by atoms with E-state index in [1.165, 1.54) is 22.8 Å². The lowest BCUT2D eigenvalue weighted by Gasteiger charge is -2.42. The van der Waals surface area contributed by atoms with Gasteiger partial charge in [-0.2, -0.15) is 11.8 Å². The van der Waals surface area contributed by atoms with Crippen LogP contribution in [0.2, 0.25) is 0 Å². The van der Waals surface area contributed by atoms with Crippen molar-refractivity contribution in [3.8, 4) is 0 Å². The minimum Gasteiger partial charge on any atom is -0.377 e. The molecule has 0 bridgehead atoms. The molecule has 0 amide bonds. The van der Waals surface area contributed by atoms with E-state index in [0.717, 1.165) is 36.6 Å². The molecular formula is C21H26N4S. The Kier molecular flexibility index (Phi) is 4.81. The Morgan fingerprint density at radius 1 is 1.08 bits per heavy atom. The third-order valence-electron chi connectivity index (χ3n) is 5.23. The molecule has 4 nitrogen and oxygen atoms in total. The van der Waals surface area contributed by atoms with Gasteiger partial charge in [-0.05, 0) is 48.1 Å². The molecule has 0 aromatic heterocycles. The van der Waals surface area contributed by atoms with Gasteiger partial charge >= 0.3 is 0 Å². The van der Waals surface area contributed by atoms with Crippen LogP contribution in [0.4, 0.5) is 17.1 Å².